The van der Waals surface area contributed by atoms with Gasteiger partial charge >= 0.3 is 0 Å². The van der Waals surface area contributed by atoms with Crippen LogP contribution in [-0.2, 0) is 4.74 Å². The molecular weight excluding hydrogens is 332 g/mol. The predicted molar refractivity (Wildman–Crippen MR) is 85.6 cm³/mol. The minimum absolute atomic E-state index is 0.154. The molecule has 1 aliphatic heterocycles. The minimum Gasteiger partial charge on any atom is -0.503 e. The molecule has 25 heavy (non-hydrogen) atoms. The highest BCUT2D eigenvalue weighted by molar-refractivity contribution is 5.94. The molecule has 1 amide bonds. The number of morpholine rings is 1. The number of hydrogen-bond acceptors (Lipinski definition) is 4. The number of rotatable bonds is 3. The summed E-state index contributed by atoms with van der Waals surface area (Å²) in [7, 11) is 1.56. The molecular formula is C18H17F2NO4. The van der Waals surface area contributed by atoms with Gasteiger partial charge in [-0.1, -0.05) is 12.1 Å². The molecule has 0 aromatic heterocycles. The summed E-state index contributed by atoms with van der Waals surface area (Å²) in [6.07, 6.45) is -0.361. The fourth-order valence-electron chi connectivity index (χ4n) is 2.75. The molecule has 5 nitrogen and oxygen atoms in total. The van der Waals surface area contributed by atoms with Crippen LogP contribution in [0.25, 0.3) is 0 Å². The van der Waals surface area contributed by atoms with Gasteiger partial charge in [0.25, 0.3) is 5.91 Å². The summed E-state index contributed by atoms with van der Waals surface area (Å²) in [5.41, 5.74) is 0.694. The number of halogens is 2. The Morgan fingerprint density at radius 1 is 1.28 bits per heavy atom. The predicted octanol–water partition coefficient (Wildman–Crippen LogP) is 2.89. The van der Waals surface area contributed by atoms with Gasteiger partial charge in [0.15, 0.2) is 17.4 Å². The molecule has 132 valence electrons. The van der Waals surface area contributed by atoms with Gasteiger partial charge in [-0.3, -0.25) is 4.79 Å². The number of carbonyl (C=O) groups is 1. The lowest BCUT2D eigenvalue weighted by atomic mass is 10.1. The van der Waals surface area contributed by atoms with Crippen LogP contribution >= 0.6 is 0 Å². The number of aromatic hydroxyl groups is 1. The Morgan fingerprint density at radius 2 is 2.00 bits per heavy atom. The summed E-state index contributed by atoms with van der Waals surface area (Å²) in [4.78, 5) is 14.0. The monoisotopic (exact) mass is 349 g/mol. The van der Waals surface area contributed by atoms with E-state index in [4.69, 9.17) is 14.6 Å². The van der Waals surface area contributed by atoms with Crippen LogP contribution in [0.5, 0.6) is 11.5 Å². The Kier molecular flexibility index (Phi) is 4.85. The van der Waals surface area contributed by atoms with Gasteiger partial charge in [0.2, 0.25) is 0 Å². The van der Waals surface area contributed by atoms with E-state index >= 15 is 0 Å². The molecule has 1 fully saturated rings. The van der Waals surface area contributed by atoms with E-state index in [1.165, 1.54) is 4.90 Å². The molecule has 1 aliphatic rings. The van der Waals surface area contributed by atoms with E-state index in [0.29, 0.717) is 18.9 Å². The average molecular weight is 349 g/mol. The summed E-state index contributed by atoms with van der Waals surface area (Å²) in [6, 6.07) is 8.97. The summed E-state index contributed by atoms with van der Waals surface area (Å²) < 4.78 is 37.9. The Morgan fingerprint density at radius 3 is 2.68 bits per heavy atom. The summed E-state index contributed by atoms with van der Waals surface area (Å²) >= 11 is 0. The molecule has 2 aromatic rings. The summed E-state index contributed by atoms with van der Waals surface area (Å²) in [6.45, 7) is 0.857. The van der Waals surface area contributed by atoms with Gasteiger partial charge in [-0.2, -0.15) is 0 Å². The van der Waals surface area contributed by atoms with E-state index < -0.39 is 23.3 Å². The van der Waals surface area contributed by atoms with Crippen molar-refractivity contribution in [3.63, 3.8) is 0 Å². The molecule has 1 heterocycles. The lowest BCUT2D eigenvalue weighted by molar-refractivity contribution is -0.0229. The fourth-order valence-corrected chi connectivity index (χ4v) is 2.75. The maximum Gasteiger partial charge on any atom is 0.254 e. The van der Waals surface area contributed by atoms with Crippen LogP contribution in [0.3, 0.4) is 0 Å². The number of phenolic OH excluding ortho intramolecular Hbond substituents is 1. The Labute approximate surface area is 143 Å². The van der Waals surface area contributed by atoms with Crippen LogP contribution in [0.2, 0.25) is 0 Å². The molecule has 7 heteroatoms. The molecule has 1 saturated heterocycles. The van der Waals surface area contributed by atoms with Crippen molar-refractivity contribution in [2.24, 2.45) is 0 Å². The second kappa shape index (κ2) is 7.06. The van der Waals surface area contributed by atoms with Crippen molar-refractivity contribution in [1.29, 1.82) is 0 Å². The third-order valence-corrected chi connectivity index (χ3v) is 4.08. The van der Waals surface area contributed by atoms with Gasteiger partial charge in [0.05, 0.1) is 20.3 Å². The molecule has 1 atom stereocenters. The molecule has 3 rings (SSSR count). The number of ether oxygens (including phenoxy) is 2. The number of nitrogens with zero attached hydrogens (tertiary/aromatic N) is 1. The van der Waals surface area contributed by atoms with Crippen molar-refractivity contribution >= 4 is 5.91 Å². The van der Waals surface area contributed by atoms with E-state index in [-0.39, 0.29) is 18.2 Å². The number of phenols is 1. The van der Waals surface area contributed by atoms with Gasteiger partial charge < -0.3 is 19.5 Å². The Balaban J connectivity index is 1.80. The first-order valence-electron chi connectivity index (χ1n) is 7.72. The van der Waals surface area contributed by atoms with Crippen LogP contribution in [-0.4, -0.2) is 42.7 Å². The molecule has 0 aliphatic carbocycles. The maximum absolute atomic E-state index is 13.5. The zero-order valence-electron chi connectivity index (χ0n) is 13.5. The number of methoxy groups -OCH3 is 1. The van der Waals surface area contributed by atoms with Crippen LogP contribution in [0.1, 0.15) is 22.0 Å². The highest BCUT2D eigenvalue weighted by Gasteiger charge is 2.27. The van der Waals surface area contributed by atoms with Crippen molar-refractivity contribution in [3.8, 4) is 11.5 Å². The summed E-state index contributed by atoms with van der Waals surface area (Å²) in [5, 5.41) is 9.16. The molecule has 0 bridgehead atoms. The number of hydrogen-bond donors (Lipinski definition) is 1. The third kappa shape index (κ3) is 3.56. The van der Waals surface area contributed by atoms with Crippen LogP contribution < -0.4 is 4.74 Å². The van der Waals surface area contributed by atoms with Crippen molar-refractivity contribution in [1.82, 2.24) is 4.90 Å². The van der Waals surface area contributed by atoms with Crippen LogP contribution in [0.15, 0.2) is 36.4 Å². The smallest absolute Gasteiger partial charge is 0.254 e. The van der Waals surface area contributed by atoms with E-state index in [1.807, 2.05) is 18.2 Å². The number of benzene rings is 2. The Bertz CT molecular complexity index is 773. The van der Waals surface area contributed by atoms with E-state index in [1.54, 1.807) is 13.2 Å². The van der Waals surface area contributed by atoms with Crippen molar-refractivity contribution in [2.75, 3.05) is 26.8 Å². The Hall–Kier alpha value is -2.67. The molecule has 0 spiro atoms. The molecule has 0 radical (unpaired) electrons. The van der Waals surface area contributed by atoms with E-state index in [9.17, 15) is 13.6 Å². The maximum atomic E-state index is 13.5. The van der Waals surface area contributed by atoms with Crippen LogP contribution in [0.4, 0.5) is 8.78 Å². The topological polar surface area (TPSA) is 59.0 Å². The summed E-state index contributed by atoms with van der Waals surface area (Å²) in [5.74, 6) is -3.27. The number of carbonyl (C=O) groups excluding carboxylic acids is 1. The third-order valence-electron chi connectivity index (χ3n) is 4.08. The van der Waals surface area contributed by atoms with Gasteiger partial charge in [0.1, 0.15) is 11.9 Å². The average Bonchev–Trinajstić information content (AvgIpc) is 2.65. The molecule has 0 saturated carbocycles. The SMILES string of the molecule is COc1cccc([C@@H]2CN(C(=O)c3cc(F)c(O)c(F)c3)CCO2)c1. The molecule has 2 aromatic carbocycles. The largest absolute Gasteiger partial charge is 0.503 e. The van der Waals surface area contributed by atoms with Crippen molar-refractivity contribution < 1.29 is 28.2 Å². The van der Waals surface area contributed by atoms with E-state index in [2.05, 4.69) is 0 Å². The lowest BCUT2D eigenvalue weighted by Gasteiger charge is -2.33. The first-order valence-corrected chi connectivity index (χ1v) is 7.72. The highest BCUT2D eigenvalue weighted by atomic mass is 19.1. The molecule has 0 unspecified atom stereocenters. The quantitative estimate of drug-likeness (QED) is 0.926. The second-order valence-electron chi connectivity index (χ2n) is 5.68. The first kappa shape index (κ1) is 17.2. The minimum atomic E-state index is -1.17. The van der Waals surface area contributed by atoms with Gasteiger partial charge in [-0.05, 0) is 29.8 Å². The van der Waals surface area contributed by atoms with Crippen molar-refractivity contribution in [3.05, 3.63) is 59.2 Å². The second-order valence-corrected chi connectivity index (χ2v) is 5.68. The zero-order valence-corrected chi connectivity index (χ0v) is 13.5. The van der Waals surface area contributed by atoms with E-state index in [0.717, 1.165) is 17.7 Å². The highest BCUT2D eigenvalue weighted by Crippen LogP contribution is 2.27. The first-order chi connectivity index (χ1) is 12.0. The van der Waals surface area contributed by atoms with Crippen LogP contribution in [0, 0.1) is 11.6 Å². The van der Waals surface area contributed by atoms with Gasteiger partial charge in [-0.15, -0.1) is 0 Å². The number of amides is 1. The van der Waals surface area contributed by atoms with Gasteiger partial charge in [-0.25, -0.2) is 8.78 Å². The van der Waals surface area contributed by atoms with Crippen molar-refractivity contribution in [2.45, 2.75) is 6.10 Å². The normalized spacial score (nSPS) is 17.4. The lowest BCUT2D eigenvalue weighted by Crippen LogP contribution is -2.42. The fraction of sp³-hybridized carbons (Fsp3) is 0.278. The van der Waals surface area contributed by atoms with Gasteiger partial charge in [0, 0.05) is 12.1 Å². The zero-order chi connectivity index (χ0) is 18.0. The standard InChI is InChI=1S/C18H17F2NO4/c1-24-13-4-2-3-11(7-13)16-10-21(5-6-25-16)18(23)12-8-14(19)17(22)15(20)9-12/h2-4,7-9,16,22H,5-6,10H2,1H3/t16-/m0/s1. The molecule has 1 N–H and O–H groups in total.